The molecule has 0 aliphatic heterocycles. The molecule has 0 amide bonds. The topological polar surface area (TPSA) is 0 Å². The first-order valence-corrected chi connectivity index (χ1v) is 0. The molecule has 0 aromatic rings. The van der Waals surface area contributed by atoms with Gasteiger partial charge in [0, 0.05) is 122 Å². The van der Waals surface area contributed by atoms with Gasteiger partial charge in [-0.2, -0.15) is 0 Å². The minimum absolute atomic E-state index is 0. The summed E-state index contributed by atoms with van der Waals surface area (Å²) < 4.78 is 0. The third-order valence-corrected chi connectivity index (χ3v) is 0. The Hall–Kier alpha value is 4.08. The molecule has 0 aliphatic rings. The van der Waals surface area contributed by atoms with Crippen molar-refractivity contribution in [1.82, 2.24) is 0 Å². The van der Waals surface area contributed by atoms with E-state index in [1.807, 2.05) is 0 Å². The average Bonchev–Trinajstić information content (AvgIpc) is 0. The van der Waals surface area contributed by atoms with Crippen molar-refractivity contribution in [1.29, 1.82) is 0 Å². The minimum atomic E-state index is 0. The van der Waals surface area contributed by atoms with Crippen molar-refractivity contribution in [2.45, 2.75) is 0 Å². The maximum Gasteiger partial charge on any atom is 0 e. The molecule has 0 rings (SSSR count). The van der Waals surface area contributed by atoms with Gasteiger partial charge in [0.25, 0.3) is 0 Å². The molecule has 0 aromatic carbocycles. The second-order valence-electron chi connectivity index (χ2n) is 0. The Balaban J connectivity index is 0. The molecular formula is GdMgYZr. The molecule has 0 atom stereocenters. The van der Waals surface area contributed by atoms with E-state index < -0.39 is 0 Å². The summed E-state index contributed by atoms with van der Waals surface area (Å²) in [5.41, 5.74) is 0. The number of rotatable bonds is 0. The van der Waals surface area contributed by atoms with Gasteiger partial charge in [0.15, 0.2) is 0 Å². The Morgan fingerprint density at radius 2 is 1.00 bits per heavy atom. The van der Waals surface area contributed by atoms with Crippen LogP contribution in [0.2, 0.25) is 0 Å². The van der Waals surface area contributed by atoms with Crippen LogP contribution in [0.1, 0.15) is 0 Å². The Morgan fingerprint density at radius 1 is 1.00 bits per heavy atom. The molecule has 0 saturated heterocycles. The van der Waals surface area contributed by atoms with E-state index in [2.05, 4.69) is 0 Å². The monoisotopic (exact) mass is 361 g/mol. The van der Waals surface area contributed by atoms with Crippen molar-refractivity contribution >= 4 is 23.1 Å². The molecule has 0 aromatic heterocycles. The summed E-state index contributed by atoms with van der Waals surface area (Å²) in [6, 6.07) is 0. The molecule has 0 N–H and O–H groups in total. The van der Waals surface area contributed by atoms with Crippen LogP contribution in [0.15, 0.2) is 0 Å². The van der Waals surface area contributed by atoms with E-state index in [9.17, 15) is 0 Å². The van der Waals surface area contributed by atoms with Crippen LogP contribution in [-0.2, 0) is 58.9 Å². The molecule has 0 heterocycles. The minimum Gasteiger partial charge on any atom is 0 e. The first-order chi connectivity index (χ1) is 0. The molecular weight excluding hydrogens is 362 g/mol. The summed E-state index contributed by atoms with van der Waals surface area (Å²) in [6.45, 7) is 0. The fraction of sp³-hybridized carbons (Fsp3) is 0. The van der Waals surface area contributed by atoms with Gasteiger partial charge in [-0.15, -0.1) is 0 Å². The fourth-order valence-electron chi connectivity index (χ4n) is 0. The van der Waals surface area contributed by atoms with Crippen molar-refractivity contribution in [2.75, 3.05) is 0 Å². The Labute approximate surface area is 118 Å². The molecule has 17 valence electrons. The fourth-order valence-corrected chi connectivity index (χ4v) is 0. The van der Waals surface area contributed by atoms with Crippen LogP contribution < -0.4 is 0 Å². The summed E-state index contributed by atoms with van der Waals surface area (Å²) in [6.07, 6.45) is 0. The van der Waals surface area contributed by atoms with Gasteiger partial charge >= 0.3 is 0 Å². The summed E-state index contributed by atoms with van der Waals surface area (Å²) in [5.74, 6) is 0. The predicted molar refractivity (Wildman–Crippen MR) is 5.75 cm³/mol. The zero-order valence-corrected chi connectivity index (χ0v) is 11.1. The third kappa shape index (κ3) is 9.42. The van der Waals surface area contributed by atoms with Crippen LogP contribution in [0.3, 0.4) is 0 Å². The molecule has 3 radical (unpaired) electrons. The predicted octanol–water partition coefficient (Wildman–Crippen LogP) is -0.386. The van der Waals surface area contributed by atoms with Gasteiger partial charge in [0.2, 0.25) is 0 Å². The summed E-state index contributed by atoms with van der Waals surface area (Å²) in [4.78, 5) is 0. The van der Waals surface area contributed by atoms with Crippen molar-refractivity contribution < 1.29 is 98.9 Å². The van der Waals surface area contributed by atoms with E-state index in [1.54, 1.807) is 0 Å². The van der Waals surface area contributed by atoms with Gasteiger partial charge in [-0.3, -0.25) is 0 Å². The van der Waals surface area contributed by atoms with Crippen LogP contribution in [0.25, 0.3) is 0 Å². The summed E-state index contributed by atoms with van der Waals surface area (Å²) in [5, 5.41) is 0. The van der Waals surface area contributed by atoms with Crippen LogP contribution in [0.4, 0.5) is 0 Å². The van der Waals surface area contributed by atoms with E-state index in [4.69, 9.17) is 0 Å². The maximum atomic E-state index is 0. The number of hydrogen-bond donors (Lipinski definition) is 0. The van der Waals surface area contributed by atoms with Crippen LogP contribution >= 0.6 is 0 Å². The van der Waals surface area contributed by atoms with Gasteiger partial charge in [-0.25, -0.2) is 0 Å². The summed E-state index contributed by atoms with van der Waals surface area (Å²) in [7, 11) is 0. The SMILES string of the molecule is [Gd].[Mg].[Y].[Zr]. The van der Waals surface area contributed by atoms with Crippen molar-refractivity contribution in [2.24, 2.45) is 0 Å². The van der Waals surface area contributed by atoms with Gasteiger partial charge in [-0.1, -0.05) is 0 Å². The quantitative estimate of drug-likeness (QED) is 0.516. The largest absolute Gasteiger partial charge is 0 e. The van der Waals surface area contributed by atoms with E-state index >= 15 is 0 Å². The van der Waals surface area contributed by atoms with Crippen molar-refractivity contribution in [3.8, 4) is 0 Å². The van der Waals surface area contributed by atoms with E-state index in [1.165, 1.54) is 0 Å². The van der Waals surface area contributed by atoms with Gasteiger partial charge in [-0.05, 0) is 0 Å². The molecule has 0 bridgehead atoms. The normalized spacial score (nSPS) is 0. The first kappa shape index (κ1) is 24.3. The molecule has 4 heavy (non-hydrogen) atoms. The zero-order valence-electron chi connectivity index (χ0n) is 2.14. The maximum absolute atomic E-state index is 0. The molecule has 4 heteroatoms. The molecule has 0 spiro atoms. The van der Waals surface area contributed by atoms with Crippen molar-refractivity contribution in [3.63, 3.8) is 0 Å². The zero-order chi connectivity index (χ0) is 0. The summed E-state index contributed by atoms with van der Waals surface area (Å²) >= 11 is 0. The van der Waals surface area contributed by atoms with Gasteiger partial charge in [0.05, 0.1) is 0 Å². The third-order valence-electron chi connectivity index (χ3n) is 0. The van der Waals surface area contributed by atoms with Crippen LogP contribution in [0, 0.1) is 39.9 Å². The van der Waals surface area contributed by atoms with Crippen molar-refractivity contribution in [3.05, 3.63) is 0 Å². The molecule has 0 nitrogen and oxygen atoms in total. The Morgan fingerprint density at radius 3 is 1.00 bits per heavy atom. The van der Waals surface area contributed by atoms with Gasteiger partial charge < -0.3 is 0 Å². The average molecular weight is 362 g/mol. The van der Waals surface area contributed by atoms with E-state index in [0.717, 1.165) is 0 Å². The molecule has 0 unspecified atom stereocenters. The standard InChI is InChI=1S/Gd.Mg.Y.Zr. The second kappa shape index (κ2) is 15.7. The van der Waals surface area contributed by atoms with Crippen LogP contribution in [-0.4, -0.2) is 23.1 Å². The number of hydrogen-bond acceptors (Lipinski definition) is 0. The smallest absolute Gasteiger partial charge is 0 e. The van der Waals surface area contributed by atoms with Gasteiger partial charge in [0.1, 0.15) is 0 Å². The second-order valence-corrected chi connectivity index (χ2v) is 0. The Kier molecular flexibility index (Phi) is 95.7. The van der Waals surface area contributed by atoms with E-state index in [-0.39, 0.29) is 122 Å². The van der Waals surface area contributed by atoms with Crippen LogP contribution in [0.5, 0.6) is 0 Å². The first-order valence-electron chi connectivity index (χ1n) is 0. The molecule has 0 fully saturated rings. The molecule has 0 saturated carbocycles. The molecule has 0 aliphatic carbocycles. The Bertz CT molecular complexity index is 8.00. The van der Waals surface area contributed by atoms with E-state index in [0.29, 0.717) is 0 Å².